The number of nitro groups is 1. The number of hydrogen-bond donors (Lipinski definition) is 3. The number of rotatable bonds is 4. The molecule has 0 bridgehead atoms. The van der Waals surface area contributed by atoms with Crippen molar-refractivity contribution in [3.63, 3.8) is 0 Å². The van der Waals surface area contributed by atoms with Gasteiger partial charge in [-0.2, -0.15) is 0 Å². The molecule has 0 fully saturated rings. The number of phosphoric acid groups is 1. The van der Waals surface area contributed by atoms with Gasteiger partial charge in [-0.15, -0.1) is 0 Å². The second-order valence-electron chi connectivity index (χ2n) is 8.40. The van der Waals surface area contributed by atoms with Gasteiger partial charge in [0.25, 0.3) is 0 Å². The number of aryl methyl sites for hydroxylation is 2. The number of fused-ring (bicyclic) bond motifs is 2. The minimum atomic E-state index is -4.64. The Balaban J connectivity index is 0.000000586. The molecule has 1 aliphatic rings. The van der Waals surface area contributed by atoms with Crippen molar-refractivity contribution in [2.75, 3.05) is 3.79 Å². The Morgan fingerprint density at radius 1 is 0.892 bits per heavy atom. The van der Waals surface area contributed by atoms with E-state index in [1.165, 1.54) is 17.0 Å². The molecule has 4 aromatic rings. The van der Waals surface area contributed by atoms with Crippen LogP contribution < -0.4 is 0 Å². The number of carbonyl (C=O) groups excluding carboxylic acids is 2. The summed E-state index contributed by atoms with van der Waals surface area (Å²) >= 11 is 0.662. The number of imide groups is 1. The summed E-state index contributed by atoms with van der Waals surface area (Å²) in [4.78, 5) is 60.6. The van der Waals surface area contributed by atoms with Gasteiger partial charge in [0.05, 0.1) is 0 Å². The molecule has 12 nitrogen and oxygen atoms in total. The normalized spacial score (nSPS) is 14.1. The van der Waals surface area contributed by atoms with E-state index in [2.05, 4.69) is 0 Å². The smallest absolute Gasteiger partial charge is 0.303 e. The molecule has 1 aliphatic heterocycles. The molecule has 3 N–H and O–H groups in total. The summed E-state index contributed by atoms with van der Waals surface area (Å²) in [5.74, 6) is -0.617. The van der Waals surface area contributed by atoms with Gasteiger partial charge in [0.2, 0.25) is 0 Å². The molecule has 186 valence electrons. The van der Waals surface area contributed by atoms with E-state index >= 15 is 0 Å². The summed E-state index contributed by atoms with van der Waals surface area (Å²) < 4.78 is 13.0. The Kier molecular flexibility index (Phi) is 7.28. The first-order chi connectivity index (χ1) is 17.3. The number of non-ortho nitro benzene ring substituents is 1. The van der Waals surface area contributed by atoms with Gasteiger partial charge in [-0.1, -0.05) is 0 Å². The molecule has 0 aliphatic carbocycles. The topological polar surface area (TPSA) is 168 Å². The number of amides is 2. The quantitative estimate of drug-likeness (QED) is 0.118. The van der Waals surface area contributed by atoms with Crippen LogP contribution in [0.5, 0.6) is 0 Å². The fraction of sp³-hybridized carbons (Fsp3) is 0.130. The summed E-state index contributed by atoms with van der Waals surface area (Å²) in [6.45, 7) is 0. The van der Waals surface area contributed by atoms with Crippen LogP contribution in [0, 0.1) is 10.1 Å². The molecule has 2 amide bonds. The van der Waals surface area contributed by atoms with Crippen LogP contribution in [0.25, 0.3) is 33.0 Å². The third kappa shape index (κ3) is 5.05. The molecule has 0 atom stereocenters. The van der Waals surface area contributed by atoms with Crippen LogP contribution in [0.4, 0.5) is 5.69 Å². The molecular formula is C23H20N4NaO8P. The monoisotopic (exact) mass is 534 g/mol. The van der Waals surface area contributed by atoms with Gasteiger partial charge in [-0.3, -0.25) is 0 Å². The van der Waals surface area contributed by atoms with Gasteiger partial charge < -0.3 is 14.7 Å². The van der Waals surface area contributed by atoms with Gasteiger partial charge in [-0.25, -0.2) is 4.57 Å². The Hall–Kier alpha value is -3.09. The van der Waals surface area contributed by atoms with E-state index in [1.807, 2.05) is 42.1 Å². The number of para-hydroxylation sites is 1. The Bertz CT molecular complexity index is 1670. The molecule has 0 spiro atoms. The second kappa shape index (κ2) is 9.99. The van der Waals surface area contributed by atoms with Gasteiger partial charge in [0, 0.05) is 0 Å². The van der Waals surface area contributed by atoms with Crippen molar-refractivity contribution in [3.8, 4) is 0 Å². The van der Waals surface area contributed by atoms with Crippen molar-refractivity contribution >= 4 is 86.2 Å². The van der Waals surface area contributed by atoms with Gasteiger partial charge in [-0.05, 0) is 0 Å². The maximum atomic E-state index is 13.4. The molecule has 3 heterocycles. The molecule has 37 heavy (non-hydrogen) atoms. The van der Waals surface area contributed by atoms with Gasteiger partial charge in [0.1, 0.15) is 0 Å². The van der Waals surface area contributed by atoms with E-state index < -0.39 is 12.7 Å². The molecule has 0 saturated carbocycles. The van der Waals surface area contributed by atoms with Crippen LogP contribution in [0.1, 0.15) is 11.1 Å². The zero-order valence-corrected chi connectivity index (χ0v) is 22.9. The van der Waals surface area contributed by atoms with E-state index in [4.69, 9.17) is 19.2 Å². The number of nitrogens with zero attached hydrogens (tertiary/aromatic N) is 4. The van der Waals surface area contributed by atoms with Crippen LogP contribution >= 0.6 is 7.82 Å². The molecule has 5 rings (SSSR count). The minimum absolute atomic E-state index is 0.0245. The van der Waals surface area contributed by atoms with Crippen LogP contribution in [0.15, 0.2) is 54.9 Å². The summed E-state index contributed by atoms with van der Waals surface area (Å²) in [7, 11) is -0.950. The number of aromatic nitrogens is 2. The van der Waals surface area contributed by atoms with Gasteiger partial charge in [0.15, 0.2) is 0 Å². The van der Waals surface area contributed by atoms with E-state index in [0.717, 1.165) is 10.9 Å². The summed E-state index contributed by atoms with van der Waals surface area (Å²) in [6.07, 6.45) is 3.66. The SMILES string of the molecule is Cn1cc(C2=C(c3cn(C)c4cc([N+](=O)[O-])ccc34)C(=O)N([CH2][Na])C2=O)c2ccccc21.O=P(O)(O)O. The zero-order valence-electron chi connectivity index (χ0n) is 20.0. The molecule has 2 aromatic carbocycles. The first-order valence-electron chi connectivity index (χ1n) is 11.0. The van der Waals surface area contributed by atoms with E-state index in [-0.39, 0.29) is 17.5 Å². The van der Waals surface area contributed by atoms with Crippen LogP contribution in [-0.4, -0.2) is 77.2 Å². The average molecular weight is 534 g/mol. The number of hydrogen-bond acceptors (Lipinski definition) is 5. The maximum Gasteiger partial charge on any atom is 0.466 e. The number of nitro benzene ring substituents is 1. The Morgan fingerprint density at radius 3 is 1.89 bits per heavy atom. The third-order valence-corrected chi connectivity index (χ3v) is 6.74. The Morgan fingerprint density at radius 2 is 1.38 bits per heavy atom. The van der Waals surface area contributed by atoms with Crippen LogP contribution in [0.2, 0.25) is 0 Å². The zero-order chi connectivity index (χ0) is 27.2. The first kappa shape index (κ1) is 27.0. The second-order valence-corrected chi connectivity index (χ2v) is 10.1. The molecule has 14 heteroatoms. The summed E-state index contributed by atoms with van der Waals surface area (Å²) in [6, 6.07) is 12.3. The van der Waals surface area contributed by atoms with Crippen molar-refractivity contribution in [1.29, 1.82) is 0 Å². The molecule has 0 saturated heterocycles. The summed E-state index contributed by atoms with van der Waals surface area (Å²) in [5, 5.41) is 12.8. The minimum Gasteiger partial charge on any atom is -0.303 e. The Labute approximate surface area is 227 Å². The van der Waals surface area contributed by atoms with E-state index in [0.29, 0.717) is 64.9 Å². The van der Waals surface area contributed by atoms with Crippen LogP contribution in [-0.2, 0) is 28.2 Å². The predicted octanol–water partition coefficient (Wildman–Crippen LogP) is 2.06. The van der Waals surface area contributed by atoms with E-state index in [1.54, 1.807) is 23.9 Å². The number of carbonyl (C=O) groups is 2. The first-order valence-corrected chi connectivity index (χ1v) is 14.0. The van der Waals surface area contributed by atoms with Crippen molar-refractivity contribution < 1.29 is 33.8 Å². The predicted molar refractivity (Wildman–Crippen MR) is 136 cm³/mol. The fourth-order valence-electron chi connectivity index (χ4n) is 4.59. The summed E-state index contributed by atoms with van der Waals surface area (Å²) in [5.41, 5.74) is 3.62. The third-order valence-electron chi connectivity index (χ3n) is 6.10. The molecule has 2 aromatic heterocycles. The maximum absolute atomic E-state index is 13.4. The molecule has 0 unspecified atom stereocenters. The fourth-order valence-corrected chi connectivity index (χ4v) is 5.16. The van der Waals surface area contributed by atoms with Gasteiger partial charge >= 0.3 is 209 Å². The molecule has 0 radical (unpaired) electrons. The molecular weight excluding hydrogens is 514 g/mol. The largest absolute Gasteiger partial charge is 0.466 e. The van der Waals surface area contributed by atoms with Crippen LogP contribution in [0.3, 0.4) is 0 Å². The van der Waals surface area contributed by atoms with Crippen molar-refractivity contribution in [2.45, 2.75) is 0 Å². The number of benzene rings is 2. The average Bonchev–Trinajstić information content (AvgIpc) is 3.41. The van der Waals surface area contributed by atoms with Crippen molar-refractivity contribution in [2.24, 2.45) is 14.1 Å². The van der Waals surface area contributed by atoms with E-state index in [9.17, 15) is 19.7 Å². The van der Waals surface area contributed by atoms with Crippen molar-refractivity contribution in [1.82, 2.24) is 14.0 Å². The van der Waals surface area contributed by atoms with Crippen molar-refractivity contribution in [3.05, 3.63) is 76.1 Å². The standard InChI is InChI=1S/C23H17N4O4.Na.H3O4P/c1-24-11-16(14-6-4-5-7-18(14)24)20-21(23(29)26(3)22(20)28)17-12-25(2)19-10-13(27(30)31)8-9-15(17)19;;1-5(2,3)4/h4-12H,3H2,1-2H3;;(H3,1,2,3,4).